The second kappa shape index (κ2) is 8.59. The Bertz CT molecular complexity index is 832. The predicted octanol–water partition coefficient (Wildman–Crippen LogP) is 4.05. The highest BCUT2D eigenvalue weighted by atomic mass is 16.2. The van der Waals surface area contributed by atoms with Crippen LogP contribution in [0.1, 0.15) is 39.2 Å². The number of hydrogen-bond acceptors (Lipinski definition) is 2. The number of hydrogen-bond donors (Lipinski definition) is 1. The first kappa shape index (κ1) is 20.1. The van der Waals surface area contributed by atoms with Gasteiger partial charge in [-0.15, -0.1) is 0 Å². The molecule has 148 valence electrons. The summed E-state index contributed by atoms with van der Waals surface area (Å²) in [5.41, 5.74) is 2.87. The molecular weight excluding hydrogens is 348 g/mol. The van der Waals surface area contributed by atoms with Gasteiger partial charge in [-0.3, -0.25) is 9.59 Å². The molecule has 0 aliphatic carbocycles. The molecule has 1 unspecified atom stereocenters. The van der Waals surface area contributed by atoms with Gasteiger partial charge in [-0.05, 0) is 43.4 Å². The average Bonchev–Trinajstić information content (AvgIpc) is 3.13. The van der Waals surface area contributed by atoms with Crippen LogP contribution in [0.4, 0.5) is 0 Å². The maximum Gasteiger partial charge on any atom is 0.228 e. The predicted molar refractivity (Wildman–Crippen MR) is 113 cm³/mol. The lowest BCUT2D eigenvalue weighted by atomic mass is 9.78. The maximum absolute atomic E-state index is 13.2. The molecule has 0 saturated carbocycles. The summed E-state index contributed by atoms with van der Waals surface area (Å²) in [4.78, 5) is 27.4. The smallest absolute Gasteiger partial charge is 0.228 e. The third-order valence-corrected chi connectivity index (χ3v) is 5.54. The minimum Gasteiger partial charge on any atom is -0.353 e. The summed E-state index contributed by atoms with van der Waals surface area (Å²) in [6, 6.07) is 18.6. The van der Waals surface area contributed by atoms with E-state index in [0.717, 1.165) is 16.7 Å². The van der Waals surface area contributed by atoms with E-state index in [-0.39, 0.29) is 17.9 Å². The number of nitrogens with zero attached hydrogens (tertiary/aromatic N) is 1. The van der Waals surface area contributed by atoms with E-state index in [1.807, 2.05) is 56.0 Å². The maximum atomic E-state index is 13.2. The molecule has 0 radical (unpaired) electrons. The molecule has 1 saturated heterocycles. The van der Waals surface area contributed by atoms with Crippen molar-refractivity contribution in [2.24, 2.45) is 5.41 Å². The van der Waals surface area contributed by atoms with Crippen molar-refractivity contribution >= 4 is 11.8 Å². The number of carbonyl (C=O) groups is 2. The van der Waals surface area contributed by atoms with Crippen molar-refractivity contribution in [2.45, 2.75) is 46.1 Å². The summed E-state index contributed by atoms with van der Waals surface area (Å²) in [7, 11) is 0. The Balaban J connectivity index is 1.96. The summed E-state index contributed by atoms with van der Waals surface area (Å²) >= 11 is 0. The summed E-state index contributed by atoms with van der Waals surface area (Å²) in [5.74, 6) is 0.173. The number of likely N-dealkylation sites (tertiary alicyclic amines) is 1. The normalized spacial score (nSPS) is 19.1. The molecule has 0 aromatic heterocycles. The number of nitrogens with one attached hydrogen (secondary N) is 1. The fourth-order valence-corrected chi connectivity index (χ4v) is 4.07. The quantitative estimate of drug-likeness (QED) is 0.824. The van der Waals surface area contributed by atoms with Crippen LogP contribution in [0.25, 0.3) is 11.1 Å². The minimum absolute atomic E-state index is 0.0526. The third kappa shape index (κ3) is 4.27. The van der Waals surface area contributed by atoms with Crippen LogP contribution in [0.2, 0.25) is 0 Å². The minimum atomic E-state index is -0.583. The highest BCUT2D eigenvalue weighted by Gasteiger charge is 2.46. The van der Waals surface area contributed by atoms with Crippen molar-refractivity contribution in [3.8, 4) is 11.1 Å². The molecule has 1 fully saturated rings. The van der Waals surface area contributed by atoms with E-state index in [1.54, 1.807) is 0 Å². The lowest BCUT2D eigenvalue weighted by Gasteiger charge is -2.30. The summed E-state index contributed by atoms with van der Waals surface area (Å²) < 4.78 is 0. The summed E-state index contributed by atoms with van der Waals surface area (Å²) in [6.07, 6.45) is 1.80. The van der Waals surface area contributed by atoms with Gasteiger partial charge in [-0.25, -0.2) is 0 Å². The zero-order valence-electron chi connectivity index (χ0n) is 17.1. The van der Waals surface area contributed by atoms with Gasteiger partial charge < -0.3 is 10.2 Å². The van der Waals surface area contributed by atoms with Gasteiger partial charge in [-0.2, -0.15) is 0 Å². The van der Waals surface area contributed by atoms with E-state index >= 15 is 0 Å². The Morgan fingerprint density at radius 3 is 2.43 bits per heavy atom. The van der Waals surface area contributed by atoms with E-state index < -0.39 is 5.41 Å². The van der Waals surface area contributed by atoms with Gasteiger partial charge in [0.05, 0.1) is 5.41 Å². The van der Waals surface area contributed by atoms with Gasteiger partial charge in [0.25, 0.3) is 0 Å². The fourth-order valence-electron chi connectivity index (χ4n) is 4.07. The van der Waals surface area contributed by atoms with Crippen molar-refractivity contribution in [1.82, 2.24) is 10.2 Å². The van der Waals surface area contributed by atoms with Crippen molar-refractivity contribution in [3.05, 3.63) is 60.2 Å². The molecule has 1 aliphatic heterocycles. The molecule has 28 heavy (non-hydrogen) atoms. The van der Waals surface area contributed by atoms with Crippen molar-refractivity contribution in [1.29, 1.82) is 0 Å². The van der Waals surface area contributed by atoms with Crippen LogP contribution in [0.15, 0.2) is 54.6 Å². The third-order valence-electron chi connectivity index (χ3n) is 5.54. The van der Waals surface area contributed by atoms with E-state index in [2.05, 4.69) is 29.6 Å². The molecule has 1 N–H and O–H groups in total. The van der Waals surface area contributed by atoms with Crippen molar-refractivity contribution in [2.75, 3.05) is 13.1 Å². The van der Waals surface area contributed by atoms with E-state index in [0.29, 0.717) is 32.4 Å². The molecule has 2 aromatic rings. The Morgan fingerprint density at radius 2 is 1.75 bits per heavy atom. The number of rotatable bonds is 6. The zero-order chi connectivity index (χ0) is 20.1. The molecule has 0 bridgehead atoms. The van der Waals surface area contributed by atoms with Gasteiger partial charge in [0.2, 0.25) is 11.8 Å². The van der Waals surface area contributed by atoms with Crippen LogP contribution in [0.5, 0.6) is 0 Å². The molecular formula is C24H30N2O2. The topological polar surface area (TPSA) is 49.4 Å². The highest BCUT2D eigenvalue weighted by molar-refractivity contribution is 5.86. The molecule has 0 spiro atoms. The fraction of sp³-hybridized carbons (Fsp3) is 0.417. The van der Waals surface area contributed by atoms with Gasteiger partial charge in [0, 0.05) is 25.6 Å². The van der Waals surface area contributed by atoms with E-state index in [1.165, 1.54) is 0 Å². The van der Waals surface area contributed by atoms with Crippen LogP contribution in [0.3, 0.4) is 0 Å². The molecule has 3 rings (SSSR count). The highest BCUT2D eigenvalue weighted by Crippen LogP contribution is 2.38. The summed E-state index contributed by atoms with van der Waals surface area (Å²) in [5, 5.41) is 3.11. The lowest BCUT2D eigenvalue weighted by molar-refractivity contribution is -0.133. The van der Waals surface area contributed by atoms with Crippen molar-refractivity contribution in [3.63, 3.8) is 0 Å². The van der Waals surface area contributed by atoms with Crippen LogP contribution < -0.4 is 5.32 Å². The van der Waals surface area contributed by atoms with Gasteiger partial charge in [0.1, 0.15) is 0 Å². The van der Waals surface area contributed by atoms with E-state index in [9.17, 15) is 9.59 Å². The molecule has 2 aromatic carbocycles. The molecule has 1 atom stereocenters. The second-order valence-corrected chi connectivity index (χ2v) is 8.03. The molecule has 4 nitrogen and oxygen atoms in total. The molecule has 4 heteroatoms. The lowest BCUT2D eigenvalue weighted by Crippen LogP contribution is -2.47. The first-order chi connectivity index (χ1) is 13.4. The summed E-state index contributed by atoms with van der Waals surface area (Å²) in [6.45, 7) is 6.97. The molecule has 1 aliphatic rings. The Labute approximate surface area is 167 Å². The molecule has 1 heterocycles. The first-order valence-electron chi connectivity index (χ1n) is 10.2. The van der Waals surface area contributed by atoms with Crippen LogP contribution in [-0.2, 0) is 16.0 Å². The number of amides is 2. The van der Waals surface area contributed by atoms with E-state index in [4.69, 9.17) is 0 Å². The number of carbonyl (C=O) groups excluding carboxylic acids is 2. The van der Waals surface area contributed by atoms with Crippen LogP contribution >= 0.6 is 0 Å². The van der Waals surface area contributed by atoms with Gasteiger partial charge in [-0.1, -0.05) is 61.5 Å². The van der Waals surface area contributed by atoms with Gasteiger partial charge >= 0.3 is 0 Å². The number of benzene rings is 2. The van der Waals surface area contributed by atoms with Crippen LogP contribution in [0, 0.1) is 5.41 Å². The zero-order valence-corrected chi connectivity index (χ0v) is 17.1. The Hall–Kier alpha value is -2.62. The first-order valence-corrected chi connectivity index (χ1v) is 10.2. The standard InChI is InChI=1S/C24H30N2O2/c1-4-22(27)26-15-14-24(17-26,23(28)25-18(2)3)16-20-12-8-9-13-21(20)19-10-6-5-7-11-19/h5-13,18H,4,14-17H2,1-3H3,(H,25,28). The monoisotopic (exact) mass is 378 g/mol. The van der Waals surface area contributed by atoms with Crippen LogP contribution in [-0.4, -0.2) is 35.8 Å². The Kier molecular flexibility index (Phi) is 6.18. The average molecular weight is 379 g/mol. The molecule has 2 amide bonds. The Morgan fingerprint density at radius 1 is 1.07 bits per heavy atom. The SMILES string of the molecule is CCC(=O)N1CCC(Cc2ccccc2-c2ccccc2)(C(=O)NC(C)C)C1. The van der Waals surface area contributed by atoms with Crippen molar-refractivity contribution < 1.29 is 9.59 Å². The second-order valence-electron chi connectivity index (χ2n) is 8.03. The van der Waals surface area contributed by atoms with Gasteiger partial charge in [0.15, 0.2) is 0 Å². The largest absolute Gasteiger partial charge is 0.353 e.